The van der Waals surface area contributed by atoms with Crippen LogP contribution in [0.15, 0.2) is 36.4 Å². The fourth-order valence-electron chi connectivity index (χ4n) is 2.95. The lowest BCUT2D eigenvalue weighted by atomic mass is 10.1. The second-order valence-corrected chi connectivity index (χ2v) is 6.47. The van der Waals surface area contributed by atoms with Gasteiger partial charge in [-0.05, 0) is 24.3 Å². The SMILES string of the molecule is COc1cc(NC(=O)[C@H]2CC(=O)N(c3ccc(F)cc3)C2)c(OC)cc1Cl. The van der Waals surface area contributed by atoms with Crippen LogP contribution in [0.3, 0.4) is 0 Å². The van der Waals surface area contributed by atoms with E-state index in [0.717, 1.165) is 0 Å². The van der Waals surface area contributed by atoms with Crippen LogP contribution in [0.1, 0.15) is 6.42 Å². The third-order valence-corrected chi connectivity index (χ3v) is 4.66. The number of carbonyl (C=O) groups excluding carboxylic acids is 2. The molecular formula is C19H18ClFN2O4. The summed E-state index contributed by atoms with van der Waals surface area (Å²) < 4.78 is 23.5. The highest BCUT2D eigenvalue weighted by atomic mass is 35.5. The second-order valence-electron chi connectivity index (χ2n) is 6.06. The Balaban J connectivity index is 1.76. The van der Waals surface area contributed by atoms with Crippen molar-refractivity contribution in [3.8, 4) is 11.5 Å². The van der Waals surface area contributed by atoms with Crippen LogP contribution >= 0.6 is 11.6 Å². The van der Waals surface area contributed by atoms with E-state index < -0.39 is 5.92 Å². The number of nitrogens with one attached hydrogen (secondary N) is 1. The highest BCUT2D eigenvalue weighted by Gasteiger charge is 2.35. The maximum Gasteiger partial charge on any atom is 0.229 e. The molecule has 27 heavy (non-hydrogen) atoms. The summed E-state index contributed by atoms with van der Waals surface area (Å²) in [6.45, 7) is 0.212. The van der Waals surface area contributed by atoms with Crippen molar-refractivity contribution in [3.05, 3.63) is 47.2 Å². The van der Waals surface area contributed by atoms with Crippen molar-refractivity contribution in [2.45, 2.75) is 6.42 Å². The fourth-order valence-corrected chi connectivity index (χ4v) is 3.18. The maximum atomic E-state index is 13.1. The number of rotatable bonds is 5. The average Bonchev–Trinajstić information content (AvgIpc) is 3.05. The Kier molecular flexibility index (Phi) is 5.51. The average molecular weight is 393 g/mol. The molecule has 0 radical (unpaired) electrons. The van der Waals surface area contributed by atoms with Crippen LogP contribution in [-0.4, -0.2) is 32.6 Å². The number of nitrogens with zero attached hydrogens (tertiary/aromatic N) is 1. The lowest BCUT2D eigenvalue weighted by Crippen LogP contribution is -2.28. The zero-order valence-electron chi connectivity index (χ0n) is 14.8. The van der Waals surface area contributed by atoms with Crippen LogP contribution in [0.2, 0.25) is 5.02 Å². The first kappa shape index (κ1) is 19.0. The normalized spacial score (nSPS) is 16.4. The third-order valence-electron chi connectivity index (χ3n) is 4.37. The predicted octanol–water partition coefficient (Wildman–Crippen LogP) is 3.49. The Morgan fingerprint density at radius 2 is 1.85 bits per heavy atom. The zero-order valence-corrected chi connectivity index (χ0v) is 15.5. The van der Waals surface area contributed by atoms with Crippen LogP contribution in [0.5, 0.6) is 11.5 Å². The summed E-state index contributed by atoms with van der Waals surface area (Å²) in [4.78, 5) is 26.4. The van der Waals surface area contributed by atoms with Gasteiger partial charge in [-0.1, -0.05) is 11.6 Å². The predicted molar refractivity (Wildman–Crippen MR) is 100 cm³/mol. The van der Waals surface area contributed by atoms with Gasteiger partial charge in [-0.25, -0.2) is 4.39 Å². The van der Waals surface area contributed by atoms with Gasteiger partial charge < -0.3 is 19.7 Å². The van der Waals surface area contributed by atoms with Crippen molar-refractivity contribution >= 4 is 34.8 Å². The number of methoxy groups -OCH3 is 2. The summed E-state index contributed by atoms with van der Waals surface area (Å²) in [6.07, 6.45) is 0.0657. The van der Waals surface area contributed by atoms with Gasteiger partial charge in [-0.15, -0.1) is 0 Å². The van der Waals surface area contributed by atoms with Gasteiger partial charge in [0, 0.05) is 30.8 Å². The largest absolute Gasteiger partial charge is 0.495 e. The lowest BCUT2D eigenvalue weighted by molar-refractivity contribution is -0.122. The van der Waals surface area contributed by atoms with Gasteiger partial charge in [0.25, 0.3) is 0 Å². The molecule has 1 heterocycles. The molecule has 8 heteroatoms. The Morgan fingerprint density at radius 3 is 2.48 bits per heavy atom. The Morgan fingerprint density at radius 1 is 1.19 bits per heavy atom. The molecule has 2 aromatic rings. The van der Waals surface area contributed by atoms with Crippen LogP contribution in [0.4, 0.5) is 15.8 Å². The topological polar surface area (TPSA) is 67.9 Å². The number of hydrogen-bond acceptors (Lipinski definition) is 4. The van der Waals surface area contributed by atoms with Gasteiger partial charge in [0.2, 0.25) is 11.8 Å². The summed E-state index contributed by atoms with van der Waals surface area (Å²) in [5.41, 5.74) is 0.957. The van der Waals surface area contributed by atoms with Crippen molar-refractivity contribution in [1.82, 2.24) is 0 Å². The minimum Gasteiger partial charge on any atom is -0.495 e. The fraction of sp³-hybridized carbons (Fsp3) is 0.263. The van der Waals surface area contributed by atoms with E-state index in [4.69, 9.17) is 21.1 Å². The molecule has 1 aliphatic heterocycles. The highest BCUT2D eigenvalue weighted by molar-refractivity contribution is 6.32. The van der Waals surface area contributed by atoms with E-state index in [1.54, 1.807) is 12.1 Å². The van der Waals surface area contributed by atoms with E-state index >= 15 is 0 Å². The van der Waals surface area contributed by atoms with Crippen molar-refractivity contribution in [2.75, 3.05) is 31.0 Å². The molecule has 0 aliphatic carbocycles. The number of halogens is 2. The van der Waals surface area contributed by atoms with Crippen LogP contribution < -0.4 is 19.7 Å². The highest BCUT2D eigenvalue weighted by Crippen LogP contribution is 2.36. The molecule has 142 valence electrons. The molecule has 0 spiro atoms. The first-order chi connectivity index (χ1) is 12.9. The van der Waals surface area contributed by atoms with Crippen LogP contribution in [0.25, 0.3) is 0 Å². The molecule has 1 N–H and O–H groups in total. The molecule has 0 aromatic heterocycles. The van der Waals surface area contributed by atoms with Crippen molar-refractivity contribution in [3.63, 3.8) is 0 Å². The third kappa shape index (κ3) is 3.98. The van der Waals surface area contributed by atoms with E-state index in [1.807, 2.05) is 0 Å². The molecule has 0 bridgehead atoms. The second kappa shape index (κ2) is 7.84. The van der Waals surface area contributed by atoms with E-state index in [1.165, 1.54) is 43.4 Å². The van der Waals surface area contributed by atoms with Crippen LogP contribution in [-0.2, 0) is 9.59 Å². The number of hydrogen-bond donors (Lipinski definition) is 1. The number of anilines is 2. The Labute approximate surface area is 160 Å². The van der Waals surface area contributed by atoms with Crippen molar-refractivity contribution in [2.24, 2.45) is 5.92 Å². The molecule has 1 saturated heterocycles. The quantitative estimate of drug-likeness (QED) is 0.845. The molecule has 1 fully saturated rings. The molecular weight excluding hydrogens is 375 g/mol. The van der Waals surface area contributed by atoms with E-state index in [2.05, 4.69) is 5.32 Å². The molecule has 1 atom stereocenters. The first-order valence-corrected chi connectivity index (χ1v) is 8.59. The summed E-state index contributed by atoms with van der Waals surface area (Å²) in [7, 11) is 2.93. The molecule has 2 aromatic carbocycles. The minimum atomic E-state index is -0.547. The van der Waals surface area contributed by atoms with Gasteiger partial charge in [0.05, 0.1) is 30.8 Å². The van der Waals surface area contributed by atoms with Gasteiger partial charge in [-0.2, -0.15) is 0 Å². The number of amides is 2. The van der Waals surface area contributed by atoms with E-state index in [-0.39, 0.29) is 30.6 Å². The number of benzene rings is 2. The summed E-state index contributed by atoms with van der Waals surface area (Å²) in [5, 5.41) is 3.12. The summed E-state index contributed by atoms with van der Waals surface area (Å²) in [6, 6.07) is 8.69. The van der Waals surface area contributed by atoms with Gasteiger partial charge in [0.1, 0.15) is 17.3 Å². The van der Waals surface area contributed by atoms with Gasteiger partial charge >= 0.3 is 0 Å². The molecule has 0 unspecified atom stereocenters. The number of carbonyl (C=O) groups is 2. The molecule has 2 amide bonds. The Hall–Kier alpha value is -2.80. The van der Waals surface area contributed by atoms with E-state index in [9.17, 15) is 14.0 Å². The molecule has 3 rings (SSSR count). The van der Waals surface area contributed by atoms with Crippen LogP contribution in [0, 0.1) is 11.7 Å². The monoisotopic (exact) mass is 392 g/mol. The standard InChI is InChI=1S/C19H18ClFN2O4/c1-26-16-9-15(17(27-2)8-14(16)20)22-19(25)11-7-18(24)23(10-11)13-5-3-12(21)4-6-13/h3-6,8-9,11H,7,10H2,1-2H3,(H,22,25)/t11-/m0/s1. The zero-order chi connectivity index (χ0) is 19.6. The smallest absolute Gasteiger partial charge is 0.229 e. The Bertz CT molecular complexity index is 873. The van der Waals surface area contributed by atoms with Crippen molar-refractivity contribution < 1.29 is 23.5 Å². The van der Waals surface area contributed by atoms with E-state index in [0.29, 0.717) is 27.9 Å². The molecule has 1 aliphatic rings. The summed E-state index contributed by atoms with van der Waals surface area (Å²) in [5.74, 6) is -0.674. The molecule has 6 nitrogen and oxygen atoms in total. The van der Waals surface area contributed by atoms with Gasteiger partial charge in [-0.3, -0.25) is 9.59 Å². The molecule has 0 saturated carbocycles. The first-order valence-electron chi connectivity index (χ1n) is 8.21. The van der Waals surface area contributed by atoms with Crippen molar-refractivity contribution in [1.29, 1.82) is 0 Å². The minimum absolute atomic E-state index is 0.0657. The number of ether oxygens (including phenoxy) is 2. The lowest BCUT2D eigenvalue weighted by Gasteiger charge is -2.17. The maximum absolute atomic E-state index is 13.1. The summed E-state index contributed by atoms with van der Waals surface area (Å²) >= 11 is 6.07. The van der Waals surface area contributed by atoms with Gasteiger partial charge in [0.15, 0.2) is 0 Å².